The molecule has 0 aromatic carbocycles. The van der Waals surface area contributed by atoms with Crippen molar-refractivity contribution in [1.29, 1.82) is 5.26 Å². The SMILES string of the molecule is COC(=O)CN(C)c1nc(C(F)(F)F)ccc1C#N. The highest BCUT2D eigenvalue weighted by atomic mass is 19.4. The van der Waals surface area contributed by atoms with E-state index in [4.69, 9.17) is 5.26 Å². The summed E-state index contributed by atoms with van der Waals surface area (Å²) < 4.78 is 42.0. The second-order valence-electron chi connectivity index (χ2n) is 3.61. The first-order valence-electron chi connectivity index (χ1n) is 5.06. The number of carbonyl (C=O) groups is 1. The van der Waals surface area contributed by atoms with Crippen molar-refractivity contribution >= 4 is 11.8 Å². The standard InChI is InChI=1S/C11H10F3N3O2/c1-17(6-9(18)19-2)10-7(5-15)3-4-8(16-10)11(12,13)14/h3-4H,6H2,1-2H3. The third kappa shape index (κ3) is 3.58. The number of likely N-dealkylation sites (N-methyl/N-ethyl adjacent to an activating group) is 1. The van der Waals surface area contributed by atoms with Gasteiger partial charge >= 0.3 is 12.1 Å². The van der Waals surface area contributed by atoms with E-state index in [2.05, 4.69) is 9.72 Å². The van der Waals surface area contributed by atoms with Crippen LogP contribution in [0.1, 0.15) is 11.3 Å². The van der Waals surface area contributed by atoms with E-state index < -0.39 is 17.8 Å². The molecule has 102 valence electrons. The first kappa shape index (κ1) is 14.8. The van der Waals surface area contributed by atoms with Crippen LogP contribution >= 0.6 is 0 Å². The first-order valence-corrected chi connectivity index (χ1v) is 5.06. The molecule has 5 nitrogen and oxygen atoms in total. The summed E-state index contributed by atoms with van der Waals surface area (Å²) in [6.07, 6.45) is -4.62. The van der Waals surface area contributed by atoms with Crippen LogP contribution in [0.25, 0.3) is 0 Å². The van der Waals surface area contributed by atoms with Gasteiger partial charge in [0.1, 0.15) is 24.1 Å². The molecule has 0 aliphatic heterocycles. The normalized spacial score (nSPS) is 10.7. The largest absolute Gasteiger partial charge is 0.468 e. The fraction of sp³-hybridized carbons (Fsp3) is 0.364. The molecule has 0 fully saturated rings. The summed E-state index contributed by atoms with van der Waals surface area (Å²) in [5, 5.41) is 8.84. The van der Waals surface area contributed by atoms with Crippen molar-refractivity contribution in [2.24, 2.45) is 0 Å². The zero-order valence-corrected chi connectivity index (χ0v) is 10.2. The zero-order valence-electron chi connectivity index (χ0n) is 10.2. The van der Waals surface area contributed by atoms with E-state index >= 15 is 0 Å². The summed E-state index contributed by atoms with van der Waals surface area (Å²) in [7, 11) is 2.50. The smallest absolute Gasteiger partial charge is 0.433 e. The van der Waals surface area contributed by atoms with Crippen molar-refractivity contribution in [2.75, 3.05) is 25.6 Å². The van der Waals surface area contributed by atoms with Crippen LogP contribution in [0.2, 0.25) is 0 Å². The lowest BCUT2D eigenvalue weighted by molar-refractivity contribution is -0.141. The number of nitriles is 1. The van der Waals surface area contributed by atoms with Crippen LogP contribution in [0, 0.1) is 11.3 Å². The molecule has 0 unspecified atom stereocenters. The van der Waals surface area contributed by atoms with Crippen molar-refractivity contribution in [3.8, 4) is 6.07 Å². The zero-order chi connectivity index (χ0) is 14.6. The Morgan fingerprint density at radius 2 is 2.16 bits per heavy atom. The Morgan fingerprint density at radius 1 is 1.53 bits per heavy atom. The molecule has 1 aromatic rings. The number of nitrogens with zero attached hydrogens (tertiary/aromatic N) is 3. The van der Waals surface area contributed by atoms with Gasteiger partial charge < -0.3 is 9.64 Å². The minimum absolute atomic E-state index is 0.0561. The van der Waals surface area contributed by atoms with Crippen LogP contribution < -0.4 is 4.90 Å². The highest BCUT2D eigenvalue weighted by Crippen LogP contribution is 2.30. The van der Waals surface area contributed by atoms with Gasteiger partial charge in [0, 0.05) is 7.05 Å². The lowest BCUT2D eigenvalue weighted by Gasteiger charge is -2.19. The van der Waals surface area contributed by atoms with Crippen LogP contribution in [0.4, 0.5) is 19.0 Å². The van der Waals surface area contributed by atoms with Crippen LogP contribution in [-0.4, -0.2) is 31.7 Å². The summed E-state index contributed by atoms with van der Waals surface area (Å²) in [4.78, 5) is 15.6. The van der Waals surface area contributed by atoms with Gasteiger partial charge in [-0.05, 0) is 12.1 Å². The number of rotatable bonds is 3. The number of anilines is 1. The highest BCUT2D eigenvalue weighted by Gasteiger charge is 2.33. The maximum Gasteiger partial charge on any atom is 0.433 e. The van der Waals surface area contributed by atoms with Crippen molar-refractivity contribution in [2.45, 2.75) is 6.18 Å². The van der Waals surface area contributed by atoms with Gasteiger partial charge in [0.15, 0.2) is 0 Å². The summed E-state index contributed by atoms with van der Waals surface area (Å²) in [5.41, 5.74) is -1.18. The van der Waals surface area contributed by atoms with E-state index in [1.165, 1.54) is 7.05 Å². The maximum absolute atomic E-state index is 12.5. The second kappa shape index (κ2) is 5.56. The minimum atomic E-state index is -4.62. The van der Waals surface area contributed by atoms with Gasteiger partial charge in [-0.25, -0.2) is 4.98 Å². The quantitative estimate of drug-likeness (QED) is 0.782. The molecule has 0 aliphatic rings. The van der Waals surface area contributed by atoms with Gasteiger partial charge in [0.2, 0.25) is 0 Å². The Bertz CT molecular complexity index is 523. The molecule has 1 heterocycles. The topological polar surface area (TPSA) is 66.2 Å². The predicted molar refractivity (Wildman–Crippen MR) is 59.2 cm³/mol. The monoisotopic (exact) mass is 273 g/mol. The molecule has 1 rings (SSSR count). The van der Waals surface area contributed by atoms with E-state index in [1.807, 2.05) is 0 Å². The third-order valence-corrected chi connectivity index (χ3v) is 2.24. The molecule has 0 spiro atoms. The molecule has 19 heavy (non-hydrogen) atoms. The number of halogens is 3. The second-order valence-corrected chi connectivity index (χ2v) is 3.61. The summed E-state index contributed by atoms with van der Waals surface area (Å²) in [6.45, 7) is -0.306. The number of ether oxygens (including phenoxy) is 1. The molecule has 0 N–H and O–H groups in total. The van der Waals surface area contributed by atoms with E-state index in [0.29, 0.717) is 6.07 Å². The minimum Gasteiger partial charge on any atom is -0.468 e. The predicted octanol–water partition coefficient (Wildman–Crippen LogP) is 1.58. The third-order valence-electron chi connectivity index (χ3n) is 2.24. The van der Waals surface area contributed by atoms with E-state index in [1.54, 1.807) is 6.07 Å². The fourth-order valence-electron chi connectivity index (χ4n) is 1.32. The van der Waals surface area contributed by atoms with E-state index in [-0.39, 0.29) is 17.9 Å². The van der Waals surface area contributed by atoms with Crippen LogP contribution in [0.3, 0.4) is 0 Å². The Balaban J connectivity index is 3.17. The van der Waals surface area contributed by atoms with Gasteiger partial charge in [-0.3, -0.25) is 4.79 Å². The van der Waals surface area contributed by atoms with E-state index in [0.717, 1.165) is 18.1 Å². The molecule has 0 radical (unpaired) electrons. The van der Waals surface area contributed by atoms with Gasteiger partial charge in [-0.2, -0.15) is 18.4 Å². The number of carbonyl (C=O) groups excluding carboxylic acids is 1. The molecule has 0 saturated carbocycles. The van der Waals surface area contributed by atoms with Crippen molar-refractivity contribution in [1.82, 2.24) is 4.98 Å². The van der Waals surface area contributed by atoms with Gasteiger partial charge in [0.25, 0.3) is 0 Å². The van der Waals surface area contributed by atoms with Crippen LogP contribution in [0.5, 0.6) is 0 Å². The van der Waals surface area contributed by atoms with Crippen LogP contribution in [-0.2, 0) is 15.7 Å². The molecule has 0 bridgehead atoms. The molecule has 0 amide bonds. The molecular weight excluding hydrogens is 263 g/mol. The number of methoxy groups -OCH3 is 1. The van der Waals surface area contributed by atoms with Gasteiger partial charge in [0.05, 0.1) is 12.7 Å². The number of aromatic nitrogens is 1. The number of hydrogen-bond acceptors (Lipinski definition) is 5. The molecule has 1 aromatic heterocycles. The highest BCUT2D eigenvalue weighted by molar-refractivity contribution is 5.75. The summed E-state index contributed by atoms with van der Waals surface area (Å²) in [6, 6.07) is 3.45. The van der Waals surface area contributed by atoms with Gasteiger partial charge in [-0.1, -0.05) is 0 Å². The van der Waals surface area contributed by atoms with Gasteiger partial charge in [-0.15, -0.1) is 0 Å². The molecule has 8 heteroatoms. The van der Waals surface area contributed by atoms with Crippen molar-refractivity contribution in [3.05, 3.63) is 23.4 Å². The average molecular weight is 273 g/mol. The Hall–Kier alpha value is -2.30. The van der Waals surface area contributed by atoms with E-state index in [9.17, 15) is 18.0 Å². The van der Waals surface area contributed by atoms with Crippen molar-refractivity contribution in [3.63, 3.8) is 0 Å². The molecule has 0 atom stereocenters. The molecule has 0 aliphatic carbocycles. The molecular formula is C11H10F3N3O2. The Labute approximate surface area is 107 Å². The fourth-order valence-corrected chi connectivity index (χ4v) is 1.32. The lowest BCUT2D eigenvalue weighted by atomic mass is 10.2. The summed E-state index contributed by atoms with van der Waals surface area (Å²) >= 11 is 0. The number of hydrogen-bond donors (Lipinski definition) is 0. The number of pyridine rings is 1. The lowest BCUT2D eigenvalue weighted by Crippen LogP contribution is -2.28. The number of alkyl halides is 3. The molecule has 0 saturated heterocycles. The Kier molecular flexibility index (Phi) is 4.32. The van der Waals surface area contributed by atoms with Crippen LogP contribution in [0.15, 0.2) is 12.1 Å². The first-order chi connectivity index (χ1) is 8.79. The number of esters is 1. The Morgan fingerprint density at radius 3 is 2.63 bits per heavy atom. The average Bonchev–Trinajstić information content (AvgIpc) is 2.36. The summed E-state index contributed by atoms with van der Waals surface area (Å²) in [5.74, 6) is -0.867. The van der Waals surface area contributed by atoms with Crippen molar-refractivity contribution < 1.29 is 22.7 Å². The maximum atomic E-state index is 12.5.